The molecule has 5 nitrogen and oxygen atoms in total. The van der Waals surface area contributed by atoms with Crippen LogP contribution in [0.2, 0.25) is 0 Å². The highest BCUT2D eigenvalue weighted by atomic mass is 16.5. The maximum Gasteiger partial charge on any atom is 0.183 e. The van der Waals surface area contributed by atoms with Gasteiger partial charge in [-0.3, -0.25) is 4.79 Å². The molecule has 4 rings (SSSR count). The van der Waals surface area contributed by atoms with E-state index in [1.54, 1.807) is 6.92 Å². The maximum absolute atomic E-state index is 13.4. The second kappa shape index (κ2) is 10.9. The lowest BCUT2D eigenvalue weighted by molar-refractivity contribution is -0.315. The van der Waals surface area contributed by atoms with Gasteiger partial charge < -0.3 is 19.6 Å². The van der Waals surface area contributed by atoms with Crippen LogP contribution in [0.4, 0.5) is 0 Å². The Bertz CT molecular complexity index is 943. The fourth-order valence-electron chi connectivity index (χ4n) is 6.26. The first-order chi connectivity index (χ1) is 16.4. The van der Waals surface area contributed by atoms with E-state index in [4.69, 9.17) is 4.74 Å². The zero-order chi connectivity index (χ0) is 24.2. The van der Waals surface area contributed by atoms with Gasteiger partial charge in [0.1, 0.15) is 0 Å². The van der Waals surface area contributed by atoms with Crippen molar-refractivity contribution in [3.8, 4) is 0 Å². The Balaban J connectivity index is 1.53. The summed E-state index contributed by atoms with van der Waals surface area (Å²) < 4.78 is 6.29. The number of H-pyrrole nitrogens is 1. The molecule has 1 aromatic heterocycles. The van der Waals surface area contributed by atoms with E-state index in [0.29, 0.717) is 23.4 Å². The topological polar surface area (TPSA) is 82.2 Å². The van der Waals surface area contributed by atoms with Crippen molar-refractivity contribution < 1.29 is 19.4 Å². The number of allylic oxidation sites excluding steroid dienone is 5. The van der Waals surface area contributed by atoms with E-state index in [9.17, 15) is 14.7 Å². The van der Waals surface area contributed by atoms with Crippen molar-refractivity contribution >= 4 is 11.8 Å². The van der Waals surface area contributed by atoms with E-state index < -0.39 is 11.9 Å². The summed E-state index contributed by atoms with van der Waals surface area (Å²) in [5.74, 6) is -0.176. The SMILES string of the molecule is CC/C(=C/C=C/[C@@H]1C=C[C@H]2CCC[C@H]2[C@H]1C(=O)c1ccc[nH]1)[C@H]1O[C@@H]([C@@H](C)C(=O)[O-])CC[C@@H]1C. The molecule has 1 saturated heterocycles. The predicted molar refractivity (Wildman–Crippen MR) is 131 cm³/mol. The molecule has 0 bridgehead atoms. The van der Waals surface area contributed by atoms with Gasteiger partial charge in [-0.2, -0.15) is 0 Å². The van der Waals surface area contributed by atoms with Gasteiger partial charge in [-0.1, -0.05) is 57.6 Å². The highest BCUT2D eigenvalue weighted by molar-refractivity contribution is 5.97. The Morgan fingerprint density at radius 3 is 2.76 bits per heavy atom. The average molecular weight is 465 g/mol. The van der Waals surface area contributed by atoms with Crippen LogP contribution < -0.4 is 5.11 Å². The molecule has 1 aromatic rings. The van der Waals surface area contributed by atoms with E-state index in [-0.39, 0.29) is 29.8 Å². The minimum atomic E-state index is -1.05. The first-order valence-corrected chi connectivity index (χ1v) is 13.0. The van der Waals surface area contributed by atoms with Crippen molar-refractivity contribution in [1.29, 1.82) is 0 Å². The Hall–Kier alpha value is -2.40. The van der Waals surface area contributed by atoms with Crippen LogP contribution >= 0.6 is 0 Å². The van der Waals surface area contributed by atoms with Crippen LogP contribution in [-0.2, 0) is 9.53 Å². The van der Waals surface area contributed by atoms with Crippen molar-refractivity contribution in [2.75, 3.05) is 0 Å². The summed E-state index contributed by atoms with van der Waals surface area (Å²) in [6, 6.07) is 3.77. The number of hydrogen-bond acceptors (Lipinski definition) is 4. The van der Waals surface area contributed by atoms with Crippen LogP contribution in [0.3, 0.4) is 0 Å². The monoisotopic (exact) mass is 464 g/mol. The van der Waals surface area contributed by atoms with Crippen molar-refractivity contribution in [1.82, 2.24) is 4.98 Å². The van der Waals surface area contributed by atoms with E-state index in [1.807, 2.05) is 18.3 Å². The van der Waals surface area contributed by atoms with Crippen molar-refractivity contribution in [3.63, 3.8) is 0 Å². The lowest BCUT2D eigenvalue weighted by Gasteiger charge is -2.39. The number of hydrogen-bond donors (Lipinski definition) is 1. The number of carboxylic acid groups (broad SMARTS) is 1. The minimum Gasteiger partial charge on any atom is -0.550 e. The quantitative estimate of drug-likeness (QED) is 0.338. The molecule has 1 N–H and O–H groups in total. The molecule has 34 heavy (non-hydrogen) atoms. The number of carbonyl (C=O) groups is 2. The maximum atomic E-state index is 13.4. The van der Waals surface area contributed by atoms with E-state index in [1.165, 1.54) is 18.4 Å². The number of aliphatic carboxylic acids is 1. The van der Waals surface area contributed by atoms with Gasteiger partial charge in [0.05, 0.1) is 17.9 Å². The zero-order valence-electron chi connectivity index (χ0n) is 20.6. The highest BCUT2D eigenvalue weighted by Gasteiger charge is 2.42. The van der Waals surface area contributed by atoms with Crippen LogP contribution in [0.1, 0.15) is 69.8 Å². The molecule has 1 aliphatic heterocycles. The van der Waals surface area contributed by atoms with Gasteiger partial charge >= 0.3 is 0 Å². The Kier molecular flexibility index (Phi) is 7.92. The van der Waals surface area contributed by atoms with Gasteiger partial charge in [0.15, 0.2) is 5.78 Å². The second-order valence-electron chi connectivity index (χ2n) is 10.4. The first-order valence-electron chi connectivity index (χ1n) is 13.0. The van der Waals surface area contributed by atoms with Gasteiger partial charge in [-0.15, -0.1) is 0 Å². The summed E-state index contributed by atoms with van der Waals surface area (Å²) in [7, 11) is 0. The summed E-state index contributed by atoms with van der Waals surface area (Å²) in [5.41, 5.74) is 1.87. The standard InChI is InChI=1S/C29H39NO4/c1-4-20(28-18(2)13-16-25(34-28)19(3)29(32)33)8-5-10-22-15-14-21-9-6-11-23(21)26(22)27(31)24-12-7-17-30-24/h5,7-8,10,12,14-15,17-19,21-23,25-26,28,30H,4,6,9,11,13,16H2,1-3H3,(H,32,33)/p-1/b10-5+,20-8-/t18-,19+,21+,22+,23+,25+,26-,28-/m0/s1. The fraction of sp³-hybridized carbons (Fsp3) is 0.586. The van der Waals surface area contributed by atoms with Gasteiger partial charge in [-0.05, 0) is 67.6 Å². The molecule has 0 spiro atoms. The number of ether oxygens (including phenoxy) is 1. The fourth-order valence-corrected chi connectivity index (χ4v) is 6.26. The molecule has 0 unspecified atom stereocenters. The molecule has 184 valence electrons. The number of aromatic amines is 1. The highest BCUT2D eigenvalue weighted by Crippen LogP contribution is 2.46. The first kappa shape index (κ1) is 24.7. The Labute approximate surface area is 203 Å². The zero-order valence-corrected chi connectivity index (χ0v) is 20.6. The Morgan fingerprint density at radius 1 is 1.24 bits per heavy atom. The molecular weight excluding hydrogens is 426 g/mol. The third kappa shape index (κ3) is 5.14. The van der Waals surface area contributed by atoms with Crippen molar-refractivity contribution in [3.05, 3.63) is 60.0 Å². The van der Waals surface area contributed by atoms with E-state index in [0.717, 1.165) is 25.7 Å². The third-order valence-electron chi connectivity index (χ3n) is 8.34. The van der Waals surface area contributed by atoms with Crippen molar-refractivity contribution in [2.45, 2.75) is 71.5 Å². The molecule has 1 saturated carbocycles. The van der Waals surface area contributed by atoms with Crippen LogP contribution in [0, 0.1) is 35.5 Å². The molecule has 3 aliphatic rings. The number of carbonyl (C=O) groups excluding carboxylic acids is 2. The van der Waals surface area contributed by atoms with Gasteiger partial charge in [0, 0.05) is 29.9 Å². The Morgan fingerprint density at radius 2 is 2.06 bits per heavy atom. The van der Waals surface area contributed by atoms with Crippen molar-refractivity contribution in [2.24, 2.45) is 35.5 Å². The van der Waals surface area contributed by atoms with E-state index >= 15 is 0 Å². The number of ketones is 1. The number of carboxylic acids is 1. The second-order valence-corrected chi connectivity index (χ2v) is 10.4. The molecule has 0 aromatic carbocycles. The molecular formula is C29H38NO4-. The van der Waals surface area contributed by atoms with Gasteiger partial charge in [0.2, 0.25) is 0 Å². The molecule has 0 radical (unpaired) electrons. The molecule has 0 amide bonds. The molecule has 8 atom stereocenters. The number of nitrogens with one attached hydrogen (secondary N) is 1. The number of aromatic nitrogens is 1. The van der Waals surface area contributed by atoms with Crippen LogP contribution in [0.25, 0.3) is 0 Å². The van der Waals surface area contributed by atoms with Crippen LogP contribution in [0.15, 0.2) is 54.3 Å². The largest absolute Gasteiger partial charge is 0.550 e. The summed E-state index contributed by atoms with van der Waals surface area (Å²) >= 11 is 0. The predicted octanol–water partition coefficient (Wildman–Crippen LogP) is 4.88. The molecule has 5 heteroatoms. The number of Topliss-reactive ketones (excluding diaryl/α,β-unsaturated/α-hetero) is 1. The van der Waals surface area contributed by atoms with Gasteiger partial charge in [-0.25, -0.2) is 0 Å². The summed E-state index contributed by atoms with van der Waals surface area (Å²) in [4.78, 5) is 27.9. The molecule has 2 fully saturated rings. The normalized spacial score (nSPS) is 34.8. The lowest BCUT2D eigenvalue weighted by Crippen LogP contribution is -2.44. The number of fused-ring (bicyclic) bond motifs is 1. The number of rotatable bonds is 8. The van der Waals surface area contributed by atoms with Crippen LogP contribution in [0.5, 0.6) is 0 Å². The van der Waals surface area contributed by atoms with Crippen LogP contribution in [-0.4, -0.2) is 28.9 Å². The average Bonchev–Trinajstić information content (AvgIpc) is 3.53. The third-order valence-corrected chi connectivity index (χ3v) is 8.34. The smallest absolute Gasteiger partial charge is 0.183 e. The van der Waals surface area contributed by atoms with Gasteiger partial charge in [0.25, 0.3) is 0 Å². The summed E-state index contributed by atoms with van der Waals surface area (Å²) in [6.07, 6.45) is 18.3. The van der Waals surface area contributed by atoms with E-state index in [2.05, 4.69) is 49.2 Å². The summed E-state index contributed by atoms with van der Waals surface area (Å²) in [5, 5.41) is 11.4. The lowest BCUT2D eigenvalue weighted by atomic mass is 9.69. The molecule has 2 heterocycles. The summed E-state index contributed by atoms with van der Waals surface area (Å²) in [6.45, 7) is 5.96. The minimum absolute atomic E-state index is 0.0379. The molecule has 2 aliphatic carbocycles.